The van der Waals surface area contributed by atoms with Gasteiger partial charge in [-0.2, -0.15) is 0 Å². The summed E-state index contributed by atoms with van der Waals surface area (Å²) in [5.41, 5.74) is 7.27. The number of benzene rings is 1. The van der Waals surface area contributed by atoms with E-state index in [0.717, 1.165) is 12.8 Å². The van der Waals surface area contributed by atoms with Crippen LogP contribution in [0.5, 0.6) is 0 Å². The number of hydrogen-bond acceptors (Lipinski definition) is 2. The lowest BCUT2D eigenvalue weighted by atomic mass is 10.3. The van der Waals surface area contributed by atoms with Crippen molar-refractivity contribution in [2.45, 2.75) is 18.9 Å². The molecule has 3 N–H and O–H groups in total. The monoisotopic (exact) mass is 343 g/mol. The first-order valence-electron chi connectivity index (χ1n) is 6.39. The number of halogens is 3. The molecule has 21 heavy (non-hydrogen) atoms. The summed E-state index contributed by atoms with van der Waals surface area (Å²) in [5.74, 6) is -0.279. The summed E-state index contributed by atoms with van der Waals surface area (Å²) in [6, 6.07) is 5.03. The highest BCUT2D eigenvalue weighted by Crippen LogP contribution is 2.38. The molecule has 0 spiro atoms. The third kappa shape index (κ3) is 2.98. The zero-order chi connectivity index (χ0) is 15.1. The highest BCUT2D eigenvalue weighted by atomic mass is 35.5. The molecule has 1 amide bonds. The van der Waals surface area contributed by atoms with E-state index in [1.54, 1.807) is 12.3 Å². The number of rotatable bonds is 3. The minimum Gasteiger partial charge on any atom is -0.397 e. The standard InChI is InChI=1S/C14H12Cl3N3O/c15-9-4-11(17)12(5-10(9)16)19-14(21)13-3-7(18)6-20(13)8-1-2-8/h3-6,8H,1-2,18H2,(H,19,21). The van der Waals surface area contributed by atoms with Crippen LogP contribution in [0, 0.1) is 0 Å². The molecule has 110 valence electrons. The fourth-order valence-electron chi connectivity index (χ4n) is 2.14. The Labute approximate surface area is 136 Å². The zero-order valence-electron chi connectivity index (χ0n) is 10.9. The van der Waals surface area contributed by atoms with E-state index in [9.17, 15) is 4.79 Å². The molecule has 7 heteroatoms. The van der Waals surface area contributed by atoms with Crippen molar-refractivity contribution in [1.29, 1.82) is 0 Å². The Bertz CT molecular complexity index is 722. The maximum Gasteiger partial charge on any atom is 0.272 e. The number of nitrogens with two attached hydrogens (primary N) is 1. The van der Waals surface area contributed by atoms with Crippen LogP contribution in [0.3, 0.4) is 0 Å². The van der Waals surface area contributed by atoms with E-state index >= 15 is 0 Å². The Morgan fingerprint density at radius 2 is 1.81 bits per heavy atom. The van der Waals surface area contributed by atoms with E-state index in [-0.39, 0.29) is 5.91 Å². The van der Waals surface area contributed by atoms with Gasteiger partial charge in [0.15, 0.2) is 0 Å². The van der Waals surface area contributed by atoms with Gasteiger partial charge in [0.05, 0.1) is 26.4 Å². The van der Waals surface area contributed by atoms with Gasteiger partial charge in [0, 0.05) is 12.2 Å². The van der Waals surface area contributed by atoms with E-state index < -0.39 is 0 Å². The van der Waals surface area contributed by atoms with Crippen LogP contribution in [0.1, 0.15) is 29.4 Å². The Kier molecular flexibility index (Phi) is 3.78. The lowest BCUT2D eigenvalue weighted by Gasteiger charge is -2.10. The van der Waals surface area contributed by atoms with Crippen molar-refractivity contribution in [3.05, 3.63) is 45.2 Å². The molecule has 1 aliphatic carbocycles. The van der Waals surface area contributed by atoms with Crippen LogP contribution in [-0.2, 0) is 0 Å². The molecular weight excluding hydrogens is 333 g/mol. The summed E-state index contributed by atoms with van der Waals surface area (Å²) >= 11 is 17.9. The van der Waals surface area contributed by atoms with E-state index in [1.807, 2.05) is 4.57 Å². The van der Waals surface area contributed by atoms with Crippen LogP contribution < -0.4 is 11.1 Å². The van der Waals surface area contributed by atoms with Crippen LogP contribution in [0.15, 0.2) is 24.4 Å². The summed E-state index contributed by atoms with van der Waals surface area (Å²) in [7, 11) is 0. The zero-order valence-corrected chi connectivity index (χ0v) is 13.1. The summed E-state index contributed by atoms with van der Waals surface area (Å²) in [5, 5.41) is 3.73. The first-order valence-corrected chi connectivity index (χ1v) is 7.52. The smallest absolute Gasteiger partial charge is 0.272 e. The number of nitrogens with zero attached hydrogens (tertiary/aromatic N) is 1. The minimum absolute atomic E-state index is 0.279. The molecule has 1 aliphatic rings. The molecular formula is C14H12Cl3N3O. The molecule has 1 aromatic carbocycles. The SMILES string of the molecule is Nc1cc(C(=O)Nc2cc(Cl)c(Cl)cc2Cl)n(C2CC2)c1. The summed E-state index contributed by atoms with van der Waals surface area (Å²) in [6.45, 7) is 0. The topological polar surface area (TPSA) is 60.1 Å². The van der Waals surface area contributed by atoms with E-state index in [2.05, 4.69) is 5.32 Å². The summed E-state index contributed by atoms with van der Waals surface area (Å²) in [6.07, 6.45) is 3.90. The Hall–Kier alpha value is -1.36. The minimum atomic E-state index is -0.279. The lowest BCUT2D eigenvalue weighted by molar-refractivity contribution is 0.101. The number of amides is 1. The third-order valence-electron chi connectivity index (χ3n) is 3.30. The van der Waals surface area contributed by atoms with E-state index in [4.69, 9.17) is 40.5 Å². The van der Waals surface area contributed by atoms with Gasteiger partial charge in [-0.15, -0.1) is 0 Å². The second-order valence-corrected chi connectivity index (χ2v) is 6.22. The highest BCUT2D eigenvalue weighted by Gasteiger charge is 2.28. The normalized spacial score (nSPS) is 14.2. The molecule has 0 atom stereocenters. The molecule has 1 heterocycles. The fourth-order valence-corrected chi connectivity index (χ4v) is 2.74. The van der Waals surface area contributed by atoms with Crippen LogP contribution >= 0.6 is 34.8 Å². The van der Waals surface area contributed by atoms with Crippen molar-refractivity contribution >= 4 is 52.1 Å². The number of carbonyl (C=O) groups is 1. The van der Waals surface area contributed by atoms with E-state index in [1.165, 1.54) is 12.1 Å². The van der Waals surface area contributed by atoms with Crippen molar-refractivity contribution in [2.75, 3.05) is 11.1 Å². The number of aromatic nitrogens is 1. The highest BCUT2D eigenvalue weighted by molar-refractivity contribution is 6.44. The Balaban J connectivity index is 1.88. The number of nitrogens with one attached hydrogen (secondary N) is 1. The largest absolute Gasteiger partial charge is 0.397 e. The van der Waals surface area contributed by atoms with Gasteiger partial charge < -0.3 is 15.6 Å². The molecule has 3 rings (SSSR count). The Morgan fingerprint density at radius 3 is 2.48 bits per heavy atom. The maximum atomic E-state index is 12.4. The molecule has 2 aromatic rings. The molecule has 0 aliphatic heterocycles. The third-order valence-corrected chi connectivity index (χ3v) is 4.34. The molecule has 0 saturated heterocycles. The Morgan fingerprint density at radius 1 is 1.14 bits per heavy atom. The van der Waals surface area contributed by atoms with Crippen molar-refractivity contribution in [3.63, 3.8) is 0 Å². The van der Waals surface area contributed by atoms with E-state index in [0.29, 0.717) is 38.2 Å². The lowest BCUT2D eigenvalue weighted by Crippen LogP contribution is -2.16. The average molecular weight is 345 g/mol. The van der Waals surface area contributed by atoms with Crippen LogP contribution in [0.4, 0.5) is 11.4 Å². The van der Waals surface area contributed by atoms with Crippen molar-refractivity contribution in [2.24, 2.45) is 0 Å². The quantitative estimate of drug-likeness (QED) is 0.798. The maximum absolute atomic E-state index is 12.4. The van der Waals surface area contributed by atoms with Crippen molar-refractivity contribution < 1.29 is 4.79 Å². The van der Waals surface area contributed by atoms with Crippen molar-refractivity contribution in [1.82, 2.24) is 4.57 Å². The molecule has 4 nitrogen and oxygen atoms in total. The fraction of sp³-hybridized carbons (Fsp3) is 0.214. The molecule has 0 unspecified atom stereocenters. The predicted molar refractivity (Wildman–Crippen MR) is 86.5 cm³/mol. The van der Waals surface area contributed by atoms with Gasteiger partial charge in [-0.25, -0.2) is 0 Å². The van der Waals surface area contributed by atoms with Crippen LogP contribution in [0.25, 0.3) is 0 Å². The number of hydrogen-bond donors (Lipinski definition) is 2. The van der Waals surface area contributed by atoms with Gasteiger partial charge in [0.2, 0.25) is 0 Å². The van der Waals surface area contributed by atoms with Gasteiger partial charge in [0.1, 0.15) is 5.69 Å². The van der Waals surface area contributed by atoms with Gasteiger partial charge in [0.25, 0.3) is 5.91 Å². The average Bonchev–Trinajstić information content (AvgIpc) is 3.18. The van der Waals surface area contributed by atoms with Crippen molar-refractivity contribution in [3.8, 4) is 0 Å². The molecule has 0 radical (unpaired) electrons. The second kappa shape index (κ2) is 5.44. The molecule has 1 fully saturated rings. The van der Waals surface area contributed by atoms with Gasteiger partial charge in [-0.3, -0.25) is 4.79 Å². The molecule has 0 bridgehead atoms. The van der Waals surface area contributed by atoms with Crippen LogP contribution in [-0.4, -0.2) is 10.5 Å². The molecule has 1 saturated carbocycles. The number of nitrogen functional groups attached to an aromatic ring is 1. The first-order chi connectivity index (χ1) is 9.95. The summed E-state index contributed by atoms with van der Waals surface area (Å²) < 4.78 is 1.90. The van der Waals surface area contributed by atoms with Gasteiger partial charge in [-0.05, 0) is 31.0 Å². The van der Waals surface area contributed by atoms with Gasteiger partial charge >= 0.3 is 0 Å². The second-order valence-electron chi connectivity index (χ2n) is 5.00. The van der Waals surface area contributed by atoms with Crippen LogP contribution in [0.2, 0.25) is 15.1 Å². The summed E-state index contributed by atoms with van der Waals surface area (Å²) in [4.78, 5) is 12.4. The molecule has 1 aromatic heterocycles. The first kappa shape index (κ1) is 14.6. The van der Waals surface area contributed by atoms with Gasteiger partial charge in [-0.1, -0.05) is 34.8 Å². The number of anilines is 2. The predicted octanol–water partition coefficient (Wildman–Crippen LogP) is 4.62. The number of carbonyl (C=O) groups excluding carboxylic acids is 1.